The molecule has 1 aromatic rings. The number of carbonyl (C=O) groups excluding carboxylic acids is 2. The van der Waals surface area contributed by atoms with Crippen molar-refractivity contribution in [1.82, 2.24) is 20.4 Å². The molecular weight excluding hydrogens is 378 g/mol. The third-order valence-electron chi connectivity index (χ3n) is 6.34. The average molecular weight is 412 g/mol. The van der Waals surface area contributed by atoms with E-state index in [0.29, 0.717) is 12.4 Å². The Kier molecular flexibility index (Phi) is 5.21. The van der Waals surface area contributed by atoms with Gasteiger partial charge in [0.05, 0.1) is 35.2 Å². The van der Waals surface area contributed by atoms with Gasteiger partial charge in [-0.3, -0.25) is 9.89 Å². The molecule has 1 aliphatic carbocycles. The number of anilines is 1. The molecule has 1 saturated carbocycles. The maximum absolute atomic E-state index is 13.2. The van der Waals surface area contributed by atoms with Gasteiger partial charge in [0.2, 0.25) is 5.91 Å². The first-order valence-electron chi connectivity index (χ1n) is 9.70. The Labute approximate surface area is 168 Å². The lowest BCUT2D eigenvalue weighted by atomic mass is 9.83. The zero-order valence-corrected chi connectivity index (χ0v) is 18.5. The highest BCUT2D eigenvalue weighted by Gasteiger charge is 2.51. The van der Waals surface area contributed by atoms with Gasteiger partial charge in [-0.25, -0.2) is 14.8 Å². The van der Waals surface area contributed by atoms with E-state index in [1.165, 1.54) is 0 Å². The van der Waals surface area contributed by atoms with Crippen LogP contribution in [0.25, 0.3) is 0 Å². The minimum absolute atomic E-state index is 0.0464. The van der Waals surface area contributed by atoms with Crippen molar-refractivity contribution >= 4 is 27.8 Å². The number of aliphatic hydroxyl groups excluding tert-OH is 1. The van der Waals surface area contributed by atoms with E-state index >= 15 is 0 Å². The summed E-state index contributed by atoms with van der Waals surface area (Å²) in [6, 6.07) is -0.573. The number of hydrogen-bond acceptors (Lipinski definition) is 4. The molecule has 1 fully saturated rings. The molecule has 0 bridgehead atoms. The van der Waals surface area contributed by atoms with Crippen molar-refractivity contribution < 1.29 is 14.7 Å². The monoisotopic (exact) mass is 411 g/mol. The van der Waals surface area contributed by atoms with E-state index in [2.05, 4.69) is 39.6 Å². The smallest absolute Gasteiger partial charge is 0.318 e. The van der Waals surface area contributed by atoms with Crippen LogP contribution in [0.4, 0.5) is 10.6 Å². The van der Waals surface area contributed by atoms with E-state index < -0.39 is 15.6 Å². The average Bonchev–Trinajstić information content (AvgIpc) is 3.03. The first-order valence-corrected chi connectivity index (χ1v) is 12.6. The van der Waals surface area contributed by atoms with Crippen LogP contribution in [0, 0.1) is 0 Å². The Morgan fingerprint density at radius 3 is 2.46 bits per heavy atom. The zero-order chi connectivity index (χ0) is 20.9. The molecule has 2 heterocycles. The van der Waals surface area contributed by atoms with Crippen LogP contribution in [0.3, 0.4) is 0 Å². The molecular formula is C19H33N5O3S. The van der Waals surface area contributed by atoms with Crippen LogP contribution in [0.15, 0.2) is 0 Å². The van der Waals surface area contributed by atoms with E-state index in [-0.39, 0.29) is 29.3 Å². The molecule has 2 aliphatic rings. The predicted octanol–water partition coefficient (Wildman–Crippen LogP) is 2.11. The van der Waals surface area contributed by atoms with Gasteiger partial charge in [0, 0.05) is 5.56 Å². The second-order valence-corrected chi connectivity index (χ2v) is 13.7. The van der Waals surface area contributed by atoms with Gasteiger partial charge >= 0.3 is 6.03 Å². The van der Waals surface area contributed by atoms with Gasteiger partial charge in [-0.05, 0) is 58.8 Å². The lowest BCUT2D eigenvalue weighted by Crippen LogP contribution is -2.51. The summed E-state index contributed by atoms with van der Waals surface area (Å²) in [5, 5.41) is 22.4. The van der Waals surface area contributed by atoms with Crippen molar-refractivity contribution in [1.29, 1.82) is 0 Å². The number of aliphatic hydroxyl groups is 1. The number of nitrogens with one attached hydrogen (secondary N) is 3. The Morgan fingerprint density at radius 1 is 1.32 bits per heavy atom. The lowest BCUT2D eigenvalue weighted by molar-refractivity contribution is -0.120. The number of fused-ring (bicyclic) bond motifs is 1. The summed E-state index contributed by atoms with van der Waals surface area (Å²) in [4.78, 5) is 27.5. The summed E-state index contributed by atoms with van der Waals surface area (Å²) in [7, 11) is -1.06. The quantitative estimate of drug-likeness (QED) is 0.595. The molecule has 0 unspecified atom stereocenters. The second kappa shape index (κ2) is 6.95. The zero-order valence-electron chi connectivity index (χ0n) is 17.7. The molecule has 0 aromatic carbocycles. The molecule has 1 aromatic heterocycles. The molecule has 1 aliphatic heterocycles. The molecule has 4 N–H and O–H groups in total. The van der Waals surface area contributed by atoms with Crippen molar-refractivity contribution in [2.24, 2.45) is 0 Å². The van der Waals surface area contributed by atoms with Crippen molar-refractivity contribution in [3.63, 3.8) is 0 Å². The molecule has 3 rings (SSSR count). The van der Waals surface area contributed by atoms with Gasteiger partial charge < -0.3 is 20.6 Å². The molecule has 3 amide bonds. The van der Waals surface area contributed by atoms with E-state index in [9.17, 15) is 14.7 Å². The van der Waals surface area contributed by atoms with Gasteiger partial charge in [-0.15, -0.1) is 0 Å². The number of aromatic amines is 1. The molecule has 0 spiro atoms. The fourth-order valence-corrected chi connectivity index (χ4v) is 6.24. The SMILES string of the molecule is C[C@@H](CO)NC(=O)N1Cc2c(NC(=O)C3(S(C)(C)C)CCC3)n[nH]c2C1(C)C. The number of rotatable bonds is 5. The van der Waals surface area contributed by atoms with Crippen LogP contribution in [0.5, 0.6) is 0 Å². The second-order valence-electron chi connectivity index (χ2n) is 9.24. The number of hydrogen-bond donors (Lipinski definition) is 4. The first kappa shape index (κ1) is 21.0. The van der Waals surface area contributed by atoms with Gasteiger partial charge in [-0.2, -0.15) is 5.10 Å². The number of urea groups is 1. The molecule has 0 radical (unpaired) electrons. The topological polar surface area (TPSA) is 110 Å². The highest BCUT2D eigenvalue weighted by molar-refractivity contribution is 8.33. The summed E-state index contributed by atoms with van der Waals surface area (Å²) >= 11 is 0. The number of aromatic nitrogens is 2. The van der Waals surface area contributed by atoms with E-state index in [0.717, 1.165) is 30.5 Å². The summed E-state index contributed by atoms with van der Waals surface area (Å²) in [6.45, 7) is 5.87. The Bertz CT molecular complexity index is 779. The standard InChI is InChI=1S/C19H33N5O3S/c1-12(11-25)20-17(27)24-10-13-14(18(24,2)3)22-23-15(13)21-16(26)19(8-7-9-19)28(4,5)6/h12,25H,7-11H2,1-6H3,(H,20,27)(H2,21,22,23,26)/t12-/m0/s1. The van der Waals surface area contributed by atoms with Gasteiger partial charge in [0.1, 0.15) is 0 Å². The summed E-state index contributed by atoms with van der Waals surface area (Å²) < 4.78 is -0.291. The summed E-state index contributed by atoms with van der Waals surface area (Å²) in [5.74, 6) is 0.568. The fraction of sp³-hybridized carbons (Fsp3) is 0.737. The fourth-order valence-electron chi connectivity index (χ4n) is 4.12. The molecule has 158 valence electrons. The van der Waals surface area contributed by atoms with Crippen LogP contribution in [-0.4, -0.2) is 68.3 Å². The van der Waals surface area contributed by atoms with Crippen LogP contribution >= 0.6 is 10.0 Å². The highest BCUT2D eigenvalue weighted by atomic mass is 32.3. The van der Waals surface area contributed by atoms with E-state index in [1.807, 2.05) is 13.8 Å². The maximum Gasteiger partial charge on any atom is 0.318 e. The third-order valence-corrected chi connectivity index (χ3v) is 9.28. The molecule has 28 heavy (non-hydrogen) atoms. The number of nitrogens with zero attached hydrogens (tertiary/aromatic N) is 2. The molecule has 0 saturated heterocycles. The number of H-pyrrole nitrogens is 1. The Balaban J connectivity index is 1.81. The first-order chi connectivity index (χ1) is 12.9. The minimum Gasteiger partial charge on any atom is -0.394 e. The minimum atomic E-state index is -1.06. The summed E-state index contributed by atoms with van der Waals surface area (Å²) in [5.41, 5.74) is 1.09. The van der Waals surface area contributed by atoms with Crippen molar-refractivity contribution in [2.45, 2.75) is 62.9 Å². The Hall–Kier alpha value is -1.74. The maximum atomic E-state index is 13.2. The lowest BCUT2D eigenvalue weighted by Gasteiger charge is -2.53. The van der Waals surface area contributed by atoms with Crippen LogP contribution in [-0.2, 0) is 16.9 Å². The molecule has 8 nitrogen and oxygen atoms in total. The van der Waals surface area contributed by atoms with Crippen molar-refractivity contribution in [3.05, 3.63) is 11.3 Å². The van der Waals surface area contributed by atoms with Crippen LogP contribution in [0.1, 0.15) is 51.3 Å². The van der Waals surface area contributed by atoms with Gasteiger partial charge in [0.15, 0.2) is 5.82 Å². The normalized spacial score (nSPS) is 21.5. The highest BCUT2D eigenvalue weighted by Crippen LogP contribution is 2.60. The van der Waals surface area contributed by atoms with Crippen molar-refractivity contribution in [3.8, 4) is 0 Å². The van der Waals surface area contributed by atoms with E-state index in [4.69, 9.17) is 0 Å². The number of amides is 3. The molecule has 1 atom stereocenters. The van der Waals surface area contributed by atoms with E-state index in [1.54, 1.807) is 11.8 Å². The number of carbonyl (C=O) groups is 2. The van der Waals surface area contributed by atoms with Crippen molar-refractivity contribution in [2.75, 3.05) is 30.7 Å². The molecule has 9 heteroatoms. The third kappa shape index (κ3) is 3.18. The predicted molar refractivity (Wildman–Crippen MR) is 113 cm³/mol. The largest absolute Gasteiger partial charge is 0.394 e. The van der Waals surface area contributed by atoms with Crippen LogP contribution < -0.4 is 10.6 Å². The van der Waals surface area contributed by atoms with Crippen LogP contribution in [0.2, 0.25) is 0 Å². The Morgan fingerprint density at radius 2 is 1.96 bits per heavy atom. The summed E-state index contributed by atoms with van der Waals surface area (Å²) in [6.07, 6.45) is 9.50. The van der Waals surface area contributed by atoms with Gasteiger partial charge in [-0.1, -0.05) is 0 Å². The van der Waals surface area contributed by atoms with Gasteiger partial charge in [0.25, 0.3) is 0 Å².